The van der Waals surface area contributed by atoms with Crippen LogP contribution in [0.5, 0.6) is 0 Å². The van der Waals surface area contributed by atoms with E-state index in [1.54, 1.807) is 0 Å². The van der Waals surface area contributed by atoms with Gasteiger partial charge in [-0.3, -0.25) is 4.79 Å². The molecule has 0 rings (SSSR count). The summed E-state index contributed by atoms with van der Waals surface area (Å²) in [4.78, 5) is 11.2. The molecule has 3 heteroatoms. The molecule has 0 aliphatic carbocycles. The third-order valence-corrected chi connectivity index (χ3v) is 2.24. The van der Waals surface area contributed by atoms with Crippen LogP contribution in [0.25, 0.3) is 0 Å². The molecule has 0 aromatic carbocycles. The molecule has 0 bridgehead atoms. The monoisotopic (exact) mass is 214 g/mol. The maximum atomic E-state index is 11.2. The van der Waals surface area contributed by atoms with Crippen LogP contribution in [0.1, 0.15) is 51.4 Å². The summed E-state index contributed by atoms with van der Waals surface area (Å²) in [7, 11) is 0. The Hall–Kier alpha value is -0.570. The number of nitrogens with two attached hydrogens (primary N) is 1. The molecular weight excluding hydrogens is 190 g/mol. The Morgan fingerprint density at radius 1 is 1.07 bits per heavy atom. The minimum absolute atomic E-state index is 0.0679. The quantitative estimate of drug-likeness (QED) is 0.449. The molecule has 1 radical (unpaired) electrons. The summed E-state index contributed by atoms with van der Waals surface area (Å²) in [5.41, 5.74) is 5.35. The summed E-state index contributed by atoms with van der Waals surface area (Å²) in [6.45, 7) is 5.03. The Bertz CT molecular complexity index is 149. The van der Waals surface area contributed by atoms with E-state index in [4.69, 9.17) is 10.5 Å². The molecule has 0 atom stereocenters. The van der Waals surface area contributed by atoms with Crippen molar-refractivity contribution >= 4 is 5.97 Å². The highest BCUT2D eigenvalue weighted by Crippen LogP contribution is 2.02. The lowest BCUT2D eigenvalue weighted by atomic mass is 10.2. The van der Waals surface area contributed by atoms with Gasteiger partial charge in [-0.2, -0.15) is 0 Å². The summed E-state index contributed by atoms with van der Waals surface area (Å²) < 4.78 is 5.08. The van der Waals surface area contributed by atoms with E-state index in [-0.39, 0.29) is 5.97 Å². The molecule has 3 nitrogen and oxygen atoms in total. The zero-order chi connectivity index (χ0) is 11.4. The van der Waals surface area contributed by atoms with Crippen LogP contribution in [0.3, 0.4) is 0 Å². The van der Waals surface area contributed by atoms with E-state index < -0.39 is 0 Å². The summed E-state index contributed by atoms with van der Waals surface area (Å²) in [5, 5.41) is 0. The molecule has 0 saturated carbocycles. The molecule has 0 heterocycles. The normalized spacial score (nSPS) is 10.3. The standard InChI is InChI=1S/C12H24NO2/c1-2-3-4-8-11-15-12(14)9-6-5-7-10-13/h1-11,13H2. The summed E-state index contributed by atoms with van der Waals surface area (Å²) in [5.74, 6) is -0.0679. The fourth-order valence-corrected chi connectivity index (χ4v) is 1.30. The molecule has 0 fully saturated rings. The molecular formula is C12H24NO2. The Balaban J connectivity index is 3.11. The van der Waals surface area contributed by atoms with Gasteiger partial charge in [0.1, 0.15) is 0 Å². The Morgan fingerprint density at radius 3 is 2.47 bits per heavy atom. The van der Waals surface area contributed by atoms with Gasteiger partial charge in [0, 0.05) is 6.42 Å². The maximum absolute atomic E-state index is 11.2. The van der Waals surface area contributed by atoms with Gasteiger partial charge < -0.3 is 10.5 Å². The van der Waals surface area contributed by atoms with Crippen LogP contribution in [0.15, 0.2) is 0 Å². The van der Waals surface area contributed by atoms with E-state index >= 15 is 0 Å². The van der Waals surface area contributed by atoms with Crippen LogP contribution in [0.2, 0.25) is 0 Å². The lowest BCUT2D eigenvalue weighted by Gasteiger charge is -2.04. The first-order valence-corrected chi connectivity index (χ1v) is 5.96. The predicted octanol–water partition coefficient (Wildman–Crippen LogP) is 2.44. The van der Waals surface area contributed by atoms with Crippen molar-refractivity contribution in [2.45, 2.75) is 51.4 Å². The van der Waals surface area contributed by atoms with Crippen molar-refractivity contribution in [2.75, 3.05) is 13.2 Å². The topological polar surface area (TPSA) is 52.3 Å². The molecule has 0 unspecified atom stereocenters. The minimum Gasteiger partial charge on any atom is -0.466 e. The highest BCUT2D eigenvalue weighted by atomic mass is 16.5. The van der Waals surface area contributed by atoms with E-state index in [0.29, 0.717) is 19.6 Å². The van der Waals surface area contributed by atoms with Crippen molar-refractivity contribution in [3.05, 3.63) is 6.92 Å². The highest BCUT2D eigenvalue weighted by molar-refractivity contribution is 5.69. The molecule has 0 aromatic rings. The van der Waals surface area contributed by atoms with Gasteiger partial charge in [-0.15, -0.1) is 0 Å². The van der Waals surface area contributed by atoms with E-state index in [1.807, 2.05) is 0 Å². The Labute approximate surface area is 93.4 Å². The smallest absolute Gasteiger partial charge is 0.305 e. The molecule has 0 aromatic heterocycles. The number of esters is 1. The first-order chi connectivity index (χ1) is 7.31. The molecule has 89 valence electrons. The zero-order valence-corrected chi connectivity index (χ0v) is 9.67. The highest BCUT2D eigenvalue weighted by Gasteiger charge is 2.01. The van der Waals surface area contributed by atoms with Gasteiger partial charge in [0.2, 0.25) is 0 Å². The SMILES string of the molecule is [CH2]CCCCCOC(=O)CCCCCN. The first kappa shape index (κ1) is 14.4. The largest absolute Gasteiger partial charge is 0.466 e. The third kappa shape index (κ3) is 11.4. The fourth-order valence-electron chi connectivity index (χ4n) is 1.30. The minimum atomic E-state index is -0.0679. The van der Waals surface area contributed by atoms with Gasteiger partial charge in [-0.05, 0) is 25.8 Å². The summed E-state index contributed by atoms with van der Waals surface area (Å²) in [6.07, 6.45) is 7.60. The van der Waals surface area contributed by atoms with Gasteiger partial charge in [-0.25, -0.2) is 0 Å². The van der Waals surface area contributed by atoms with Crippen molar-refractivity contribution < 1.29 is 9.53 Å². The maximum Gasteiger partial charge on any atom is 0.305 e. The van der Waals surface area contributed by atoms with Gasteiger partial charge in [-0.1, -0.05) is 32.6 Å². The Morgan fingerprint density at radius 2 is 1.80 bits per heavy atom. The van der Waals surface area contributed by atoms with Crippen LogP contribution in [0.4, 0.5) is 0 Å². The van der Waals surface area contributed by atoms with Crippen molar-refractivity contribution in [3.8, 4) is 0 Å². The molecule has 2 N–H and O–H groups in total. The van der Waals surface area contributed by atoms with Gasteiger partial charge >= 0.3 is 5.97 Å². The van der Waals surface area contributed by atoms with Crippen LogP contribution in [-0.4, -0.2) is 19.1 Å². The molecule has 0 aliphatic heterocycles. The van der Waals surface area contributed by atoms with Gasteiger partial charge in [0.25, 0.3) is 0 Å². The van der Waals surface area contributed by atoms with Crippen LogP contribution >= 0.6 is 0 Å². The van der Waals surface area contributed by atoms with Crippen LogP contribution in [0, 0.1) is 6.92 Å². The zero-order valence-electron chi connectivity index (χ0n) is 9.67. The summed E-state index contributed by atoms with van der Waals surface area (Å²) in [6, 6.07) is 0. The van der Waals surface area contributed by atoms with Gasteiger partial charge in [0.05, 0.1) is 6.61 Å². The number of carbonyl (C=O) groups excluding carboxylic acids is 1. The second-order valence-corrected chi connectivity index (χ2v) is 3.73. The van der Waals surface area contributed by atoms with Crippen LogP contribution in [-0.2, 0) is 9.53 Å². The second kappa shape index (κ2) is 11.5. The summed E-state index contributed by atoms with van der Waals surface area (Å²) >= 11 is 0. The van der Waals surface area contributed by atoms with Crippen molar-refractivity contribution in [2.24, 2.45) is 5.73 Å². The number of unbranched alkanes of at least 4 members (excludes halogenated alkanes) is 5. The predicted molar refractivity (Wildman–Crippen MR) is 62.3 cm³/mol. The number of hydrogen-bond acceptors (Lipinski definition) is 3. The number of rotatable bonds is 10. The van der Waals surface area contributed by atoms with E-state index in [2.05, 4.69) is 6.92 Å². The molecule has 0 saturated heterocycles. The average molecular weight is 214 g/mol. The second-order valence-electron chi connectivity index (χ2n) is 3.73. The van der Waals surface area contributed by atoms with Crippen molar-refractivity contribution in [1.82, 2.24) is 0 Å². The third-order valence-electron chi connectivity index (χ3n) is 2.24. The van der Waals surface area contributed by atoms with E-state index in [0.717, 1.165) is 44.9 Å². The number of hydrogen-bond donors (Lipinski definition) is 1. The average Bonchev–Trinajstić information content (AvgIpc) is 2.24. The lowest BCUT2D eigenvalue weighted by Crippen LogP contribution is -2.06. The van der Waals surface area contributed by atoms with Crippen molar-refractivity contribution in [3.63, 3.8) is 0 Å². The number of carbonyl (C=O) groups is 1. The van der Waals surface area contributed by atoms with E-state index in [1.165, 1.54) is 0 Å². The Kier molecular flexibility index (Phi) is 11.1. The molecule has 0 amide bonds. The number of ether oxygens (including phenoxy) is 1. The lowest BCUT2D eigenvalue weighted by molar-refractivity contribution is -0.143. The first-order valence-electron chi connectivity index (χ1n) is 5.96. The van der Waals surface area contributed by atoms with Crippen LogP contribution < -0.4 is 5.73 Å². The van der Waals surface area contributed by atoms with E-state index in [9.17, 15) is 4.79 Å². The fraction of sp³-hybridized carbons (Fsp3) is 0.833. The van der Waals surface area contributed by atoms with Gasteiger partial charge in [0.15, 0.2) is 0 Å². The molecule has 0 spiro atoms. The molecule has 0 aliphatic rings. The van der Waals surface area contributed by atoms with Crippen molar-refractivity contribution in [1.29, 1.82) is 0 Å². The molecule has 15 heavy (non-hydrogen) atoms.